The summed E-state index contributed by atoms with van der Waals surface area (Å²) in [7, 11) is -3.48. The molecule has 0 saturated carbocycles. The quantitative estimate of drug-likeness (QED) is 0.482. The van der Waals surface area contributed by atoms with E-state index in [1.807, 2.05) is 30.3 Å². The molecular weight excluding hydrogens is 451 g/mol. The summed E-state index contributed by atoms with van der Waals surface area (Å²) >= 11 is 1.14. The van der Waals surface area contributed by atoms with Crippen molar-refractivity contribution in [3.8, 4) is 0 Å². The zero-order valence-electron chi connectivity index (χ0n) is 16.3. The number of hydrogen-bond donors (Lipinski definition) is 1. The van der Waals surface area contributed by atoms with Crippen molar-refractivity contribution in [2.45, 2.75) is 24.3 Å². The normalized spacial score (nSPS) is 12.4. The maximum Gasteiger partial charge on any atom is 0.416 e. The lowest BCUT2D eigenvalue weighted by molar-refractivity contribution is -0.137. The van der Waals surface area contributed by atoms with E-state index in [2.05, 4.69) is 4.98 Å². The van der Waals surface area contributed by atoms with Gasteiger partial charge in [-0.3, -0.25) is 4.79 Å². The fourth-order valence-electron chi connectivity index (χ4n) is 2.93. The fraction of sp³-hybridized carbons (Fsp3) is 0.300. The number of alkyl halides is 3. The summed E-state index contributed by atoms with van der Waals surface area (Å²) in [4.78, 5) is 15.1. The third kappa shape index (κ3) is 6.23. The molecule has 0 saturated heterocycles. The van der Waals surface area contributed by atoms with Gasteiger partial charge < -0.3 is 10.3 Å². The zero-order chi connectivity index (χ0) is 22.6. The minimum Gasteiger partial charge on any atom is -0.370 e. The minimum atomic E-state index is -4.49. The van der Waals surface area contributed by atoms with E-state index in [-0.39, 0.29) is 29.2 Å². The maximum absolute atomic E-state index is 13.1. The lowest BCUT2D eigenvalue weighted by Crippen LogP contribution is -2.20. The molecule has 3 aromatic rings. The molecule has 0 aliphatic rings. The number of benzene rings is 2. The van der Waals surface area contributed by atoms with Crippen LogP contribution in [0.5, 0.6) is 0 Å². The van der Waals surface area contributed by atoms with Crippen molar-refractivity contribution in [3.05, 3.63) is 59.7 Å². The summed E-state index contributed by atoms with van der Waals surface area (Å²) in [5, 5.41) is 0.420. The van der Waals surface area contributed by atoms with E-state index < -0.39 is 27.5 Å². The van der Waals surface area contributed by atoms with Gasteiger partial charge in [-0.25, -0.2) is 13.4 Å². The van der Waals surface area contributed by atoms with Gasteiger partial charge in [-0.15, -0.1) is 0 Å². The predicted octanol–water partition coefficient (Wildman–Crippen LogP) is 3.49. The second kappa shape index (κ2) is 9.31. The van der Waals surface area contributed by atoms with Crippen LogP contribution in [0.25, 0.3) is 11.0 Å². The number of carbonyl (C=O) groups excluding carboxylic acids is 1. The molecule has 0 aliphatic heterocycles. The number of nitrogens with zero attached hydrogens (tertiary/aromatic N) is 2. The van der Waals surface area contributed by atoms with E-state index in [4.69, 9.17) is 5.73 Å². The molecular formula is C20H20F3N3O3S2. The van der Waals surface area contributed by atoms with Crippen LogP contribution >= 0.6 is 11.8 Å². The number of sulfone groups is 1. The predicted molar refractivity (Wildman–Crippen MR) is 113 cm³/mol. The second-order valence-corrected chi connectivity index (χ2v) is 10.2. The highest BCUT2D eigenvalue weighted by Crippen LogP contribution is 2.33. The number of primary amides is 1. The lowest BCUT2D eigenvalue weighted by Gasteiger charge is -2.10. The lowest BCUT2D eigenvalue weighted by atomic mass is 10.2. The third-order valence-electron chi connectivity index (χ3n) is 4.51. The van der Waals surface area contributed by atoms with Gasteiger partial charge >= 0.3 is 6.18 Å². The monoisotopic (exact) mass is 471 g/mol. The first-order chi connectivity index (χ1) is 14.5. The molecule has 0 unspecified atom stereocenters. The van der Waals surface area contributed by atoms with Crippen LogP contribution in [0, 0.1) is 0 Å². The van der Waals surface area contributed by atoms with Crippen molar-refractivity contribution in [2.75, 3.05) is 17.3 Å². The van der Waals surface area contributed by atoms with Crippen LogP contribution in [0.15, 0.2) is 53.7 Å². The average Bonchev–Trinajstić information content (AvgIpc) is 3.03. The van der Waals surface area contributed by atoms with Gasteiger partial charge in [0.15, 0.2) is 15.0 Å². The van der Waals surface area contributed by atoms with Gasteiger partial charge in [0, 0.05) is 12.2 Å². The Kier molecular flexibility index (Phi) is 6.95. The molecule has 0 bridgehead atoms. The molecule has 3 rings (SSSR count). The number of fused-ring (bicyclic) bond motifs is 1. The second-order valence-electron chi connectivity index (χ2n) is 6.88. The van der Waals surface area contributed by atoms with Gasteiger partial charge in [-0.2, -0.15) is 13.2 Å². The SMILES string of the molecule is NC(=O)CCS(=O)(=O)CCSc1nc2cc(C(F)(F)F)ccc2n1Cc1ccccc1. The van der Waals surface area contributed by atoms with E-state index in [9.17, 15) is 26.4 Å². The van der Waals surface area contributed by atoms with Gasteiger partial charge in [0.05, 0.1) is 34.6 Å². The molecule has 6 nitrogen and oxygen atoms in total. The molecule has 1 heterocycles. The van der Waals surface area contributed by atoms with Crippen molar-refractivity contribution in [3.63, 3.8) is 0 Å². The van der Waals surface area contributed by atoms with Crippen LogP contribution in [0.4, 0.5) is 13.2 Å². The van der Waals surface area contributed by atoms with Gasteiger partial charge in [-0.05, 0) is 23.8 Å². The number of nitrogens with two attached hydrogens (primary N) is 1. The van der Waals surface area contributed by atoms with Crippen molar-refractivity contribution in [1.29, 1.82) is 0 Å². The Labute approximate surface area is 181 Å². The molecule has 2 aromatic carbocycles. The minimum absolute atomic E-state index is 0.144. The van der Waals surface area contributed by atoms with Crippen molar-refractivity contribution >= 4 is 38.5 Å². The fourth-order valence-corrected chi connectivity index (χ4v) is 5.66. The van der Waals surface area contributed by atoms with E-state index in [0.717, 1.165) is 29.5 Å². The van der Waals surface area contributed by atoms with E-state index in [1.54, 1.807) is 4.57 Å². The van der Waals surface area contributed by atoms with Gasteiger partial charge in [0.1, 0.15) is 0 Å². The third-order valence-corrected chi connectivity index (χ3v) is 7.40. The van der Waals surface area contributed by atoms with Crippen molar-refractivity contribution < 1.29 is 26.4 Å². The van der Waals surface area contributed by atoms with E-state index in [1.165, 1.54) is 6.07 Å². The Morgan fingerprint density at radius 2 is 1.81 bits per heavy atom. The summed E-state index contributed by atoms with van der Waals surface area (Å²) in [6.07, 6.45) is -4.74. The summed E-state index contributed by atoms with van der Waals surface area (Å²) < 4.78 is 65.2. The molecule has 2 N–H and O–H groups in total. The van der Waals surface area contributed by atoms with Crippen LogP contribution in [0.2, 0.25) is 0 Å². The van der Waals surface area contributed by atoms with Crippen LogP contribution < -0.4 is 5.73 Å². The highest BCUT2D eigenvalue weighted by Gasteiger charge is 2.31. The summed E-state index contributed by atoms with van der Waals surface area (Å²) in [6, 6.07) is 12.7. The Balaban J connectivity index is 1.87. The molecule has 31 heavy (non-hydrogen) atoms. The van der Waals surface area contributed by atoms with Crippen LogP contribution in [-0.4, -0.2) is 41.1 Å². The smallest absolute Gasteiger partial charge is 0.370 e. The average molecular weight is 472 g/mol. The number of carbonyl (C=O) groups is 1. The maximum atomic E-state index is 13.1. The number of amides is 1. The topological polar surface area (TPSA) is 95.1 Å². The highest BCUT2D eigenvalue weighted by atomic mass is 32.2. The van der Waals surface area contributed by atoms with Crippen LogP contribution in [0.3, 0.4) is 0 Å². The first-order valence-corrected chi connectivity index (χ1v) is 12.1. The molecule has 0 spiro atoms. The first kappa shape index (κ1) is 23.1. The number of halogens is 3. The first-order valence-electron chi connectivity index (χ1n) is 9.28. The van der Waals surface area contributed by atoms with Gasteiger partial charge in [0.25, 0.3) is 0 Å². The molecule has 0 fully saturated rings. The van der Waals surface area contributed by atoms with Crippen LogP contribution in [0.1, 0.15) is 17.5 Å². The highest BCUT2D eigenvalue weighted by molar-refractivity contribution is 8.00. The Hall–Kier alpha value is -2.53. The Morgan fingerprint density at radius 3 is 2.45 bits per heavy atom. The summed E-state index contributed by atoms with van der Waals surface area (Å²) in [6.45, 7) is 0.374. The molecule has 1 aromatic heterocycles. The number of aromatic nitrogens is 2. The van der Waals surface area contributed by atoms with E-state index >= 15 is 0 Å². The van der Waals surface area contributed by atoms with Crippen LogP contribution in [-0.2, 0) is 27.4 Å². The van der Waals surface area contributed by atoms with Gasteiger partial charge in [-0.1, -0.05) is 42.1 Å². The summed E-state index contributed by atoms with van der Waals surface area (Å²) in [5.41, 5.74) is 5.84. The molecule has 166 valence electrons. The molecule has 11 heteroatoms. The standard InChI is InChI=1S/C20H20F3N3O3S2/c21-20(22,23)15-6-7-17-16(12-15)25-19(26(17)13-14-4-2-1-3-5-14)30-9-11-31(28,29)10-8-18(24)27/h1-7,12H,8-11,13H2,(H2,24,27). The number of rotatable bonds is 9. The van der Waals surface area contributed by atoms with Gasteiger partial charge in [0.2, 0.25) is 5.91 Å². The Morgan fingerprint density at radius 1 is 1.10 bits per heavy atom. The molecule has 0 radical (unpaired) electrons. The van der Waals surface area contributed by atoms with E-state index in [0.29, 0.717) is 17.2 Å². The summed E-state index contributed by atoms with van der Waals surface area (Å²) in [5.74, 6) is -1.09. The molecule has 0 atom stereocenters. The molecule has 1 amide bonds. The van der Waals surface area contributed by atoms with Crippen molar-refractivity contribution in [2.24, 2.45) is 5.73 Å². The largest absolute Gasteiger partial charge is 0.416 e. The number of hydrogen-bond acceptors (Lipinski definition) is 5. The number of imidazole rings is 1. The van der Waals surface area contributed by atoms with Crippen molar-refractivity contribution in [1.82, 2.24) is 9.55 Å². The molecule has 0 aliphatic carbocycles. The Bertz CT molecular complexity index is 1180. The number of thioether (sulfide) groups is 1. The zero-order valence-corrected chi connectivity index (χ0v) is 17.9.